The van der Waals surface area contributed by atoms with Gasteiger partial charge in [-0.25, -0.2) is 12.7 Å². The molecule has 0 spiro atoms. The Morgan fingerprint density at radius 1 is 1.35 bits per heavy atom. The van der Waals surface area contributed by atoms with Crippen molar-refractivity contribution >= 4 is 10.0 Å². The van der Waals surface area contributed by atoms with Gasteiger partial charge < -0.3 is 4.52 Å². The molecule has 0 N–H and O–H groups in total. The predicted octanol–water partition coefficient (Wildman–Crippen LogP) is 1.20. The van der Waals surface area contributed by atoms with Crippen LogP contribution in [-0.4, -0.2) is 46.2 Å². The molecule has 0 aromatic carbocycles. The number of aryl methyl sites for hydroxylation is 1. The first-order chi connectivity index (χ1) is 10.6. The third-order valence-electron chi connectivity index (χ3n) is 3.56. The number of alkyl halides is 3. The average molecular weight is 351 g/mol. The van der Waals surface area contributed by atoms with Gasteiger partial charge in [0.15, 0.2) is 10.9 Å². The van der Waals surface area contributed by atoms with Crippen LogP contribution in [0.5, 0.6) is 0 Å². The summed E-state index contributed by atoms with van der Waals surface area (Å²) in [6, 6.07) is 0. The van der Waals surface area contributed by atoms with Gasteiger partial charge in [0.2, 0.25) is 21.7 Å². The van der Waals surface area contributed by atoms with Gasteiger partial charge in [-0.05, 0) is 6.42 Å². The molecule has 1 aliphatic rings. The van der Waals surface area contributed by atoms with Gasteiger partial charge in [0.1, 0.15) is 0 Å². The third-order valence-corrected chi connectivity index (χ3v) is 5.76. The molecule has 0 bridgehead atoms. The number of nitrogens with zero attached hydrogens (tertiary/aromatic N) is 5. The second-order valence-electron chi connectivity index (χ2n) is 5.16. The number of hydrogen-bond donors (Lipinski definition) is 0. The van der Waals surface area contributed by atoms with Crippen LogP contribution in [-0.2, 0) is 23.2 Å². The van der Waals surface area contributed by atoms with Crippen LogP contribution in [0.1, 0.15) is 23.3 Å². The average Bonchev–Trinajstić information content (AvgIpc) is 3.09. The number of rotatable bonds is 2. The highest BCUT2D eigenvalue weighted by Crippen LogP contribution is 2.37. The van der Waals surface area contributed by atoms with Crippen molar-refractivity contribution in [1.29, 1.82) is 0 Å². The molecule has 3 heterocycles. The van der Waals surface area contributed by atoms with E-state index >= 15 is 0 Å². The molecule has 1 unspecified atom stereocenters. The molecule has 0 radical (unpaired) electrons. The molecule has 2 aromatic rings. The van der Waals surface area contributed by atoms with Crippen LogP contribution >= 0.6 is 0 Å². The minimum atomic E-state index is -4.68. The molecule has 2 aromatic heterocycles. The fourth-order valence-electron chi connectivity index (χ4n) is 2.38. The van der Waals surface area contributed by atoms with Crippen LogP contribution in [0.3, 0.4) is 0 Å². The Bertz CT molecular complexity index is 841. The van der Waals surface area contributed by atoms with Crippen LogP contribution in [0.2, 0.25) is 0 Å². The number of aromatic nitrogens is 4. The smallest absolute Gasteiger partial charge is 0.337 e. The van der Waals surface area contributed by atoms with Crippen molar-refractivity contribution in [2.45, 2.75) is 17.8 Å². The minimum absolute atomic E-state index is 0.221. The van der Waals surface area contributed by atoms with E-state index < -0.39 is 27.1 Å². The molecule has 1 saturated heterocycles. The van der Waals surface area contributed by atoms with Crippen LogP contribution in [0, 0.1) is 0 Å². The van der Waals surface area contributed by atoms with E-state index in [0.29, 0.717) is 0 Å². The Morgan fingerprint density at radius 2 is 2.04 bits per heavy atom. The molecule has 126 valence electrons. The van der Waals surface area contributed by atoms with Crippen LogP contribution < -0.4 is 0 Å². The highest BCUT2D eigenvalue weighted by atomic mass is 32.2. The van der Waals surface area contributed by atoms with Gasteiger partial charge in [0.25, 0.3) is 0 Å². The SMILES string of the molecule is CN1CCC(c2nc(-c3cn(C)nc3C(F)(F)F)no2)S1(=O)=O. The predicted molar refractivity (Wildman–Crippen MR) is 70.4 cm³/mol. The summed E-state index contributed by atoms with van der Waals surface area (Å²) in [5, 5.41) is 5.79. The number of halogens is 3. The monoisotopic (exact) mass is 351 g/mol. The first-order valence-corrected chi connectivity index (χ1v) is 8.01. The van der Waals surface area contributed by atoms with E-state index in [1.165, 1.54) is 14.1 Å². The summed E-state index contributed by atoms with van der Waals surface area (Å²) in [4.78, 5) is 3.84. The molecule has 0 saturated carbocycles. The number of sulfonamides is 1. The van der Waals surface area contributed by atoms with Crippen molar-refractivity contribution in [1.82, 2.24) is 24.2 Å². The van der Waals surface area contributed by atoms with Crippen molar-refractivity contribution in [2.24, 2.45) is 7.05 Å². The topological polar surface area (TPSA) is 94.1 Å². The molecule has 0 aliphatic carbocycles. The van der Waals surface area contributed by atoms with Crippen LogP contribution in [0.4, 0.5) is 13.2 Å². The fraction of sp³-hybridized carbons (Fsp3) is 0.545. The Morgan fingerprint density at radius 3 is 2.61 bits per heavy atom. The van der Waals surface area contributed by atoms with Gasteiger partial charge in [0, 0.05) is 26.8 Å². The highest BCUT2D eigenvalue weighted by molar-refractivity contribution is 7.89. The summed E-state index contributed by atoms with van der Waals surface area (Å²) in [6.45, 7) is 0.283. The summed E-state index contributed by atoms with van der Waals surface area (Å²) in [5.74, 6) is -0.563. The molecule has 8 nitrogen and oxygen atoms in total. The van der Waals surface area contributed by atoms with E-state index in [2.05, 4.69) is 15.2 Å². The van der Waals surface area contributed by atoms with E-state index in [9.17, 15) is 21.6 Å². The summed E-state index contributed by atoms with van der Waals surface area (Å²) in [6.07, 6.45) is -3.34. The van der Waals surface area contributed by atoms with Crippen molar-refractivity contribution in [3.8, 4) is 11.4 Å². The lowest BCUT2D eigenvalue weighted by atomic mass is 10.2. The highest BCUT2D eigenvalue weighted by Gasteiger charge is 2.42. The Balaban J connectivity index is 2.01. The van der Waals surface area contributed by atoms with Gasteiger partial charge in [-0.3, -0.25) is 4.68 Å². The maximum Gasteiger partial charge on any atom is 0.435 e. The maximum atomic E-state index is 13.0. The first kappa shape index (κ1) is 15.9. The van der Waals surface area contributed by atoms with Crippen molar-refractivity contribution in [3.63, 3.8) is 0 Å². The molecule has 0 amide bonds. The lowest BCUT2D eigenvalue weighted by Crippen LogP contribution is -2.22. The van der Waals surface area contributed by atoms with E-state index in [1.54, 1.807) is 0 Å². The summed E-state index contributed by atoms with van der Waals surface area (Å²) >= 11 is 0. The lowest BCUT2D eigenvalue weighted by Gasteiger charge is -2.08. The second-order valence-corrected chi connectivity index (χ2v) is 7.39. The molecule has 1 fully saturated rings. The standard InChI is InChI=1S/C11H12F3N5O3S/c1-18-5-6(8(16-18)11(12,13)14)9-15-10(22-17-9)7-3-4-19(2)23(7,20)21/h5,7H,3-4H2,1-2H3. The van der Waals surface area contributed by atoms with Gasteiger partial charge in [-0.15, -0.1) is 0 Å². The van der Waals surface area contributed by atoms with Gasteiger partial charge in [0.05, 0.1) is 5.56 Å². The van der Waals surface area contributed by atoms with E-state index in [1.807, 2.05) is 0 Å². The fourth-order valence-corrected chi connectivity index (χ4v) is 3.93. The lowest BCUT2D eigenvalue weighted by molar-refractivity contribution is -0.141. The minimum Gasteiger partial charge on any atom is -0.337 e. The largest absolute Gasteiger partial charge is 0.435 e. The molecular weight excluding hydrogens is 339 g/mol. The Hall–Kier alpha value is -1.95. The quantitative estimate of drug-likeness (QED) is 0.807. The molecular formula is C11H12F3N5O3S. The summed E-state index contributed by atoms with van der Waals surface area (Å²) in [7, 11) is -0.885. The normalized spacial score (nSPS) is 21.9. The zero-order chi connectivity index (χ0) is 17.0. The molecule has 23 heavy (non-hydrogen) atoms. The van der Waals surface area contributed by atoms with Gasteiger partial charge >= 0.3 is 6.18 Å². The zero-order valence-corrected chi connectivity index (χ0v) is 12.9. The van der Waals surface area contributed by atoms with Crippen molar-refractivity contribution < 1.29 is 26.1 Å². The Kier molecular flexibility index (Phi) is 3.48. The van der Waals surface area contributed by atoms with Gasteiger partial charge in [-0.1, -0.05) is 5.16 Å². The molecule has 1 aliphatic heterocycles. The van der Waals surface area contributed by atoms with E-state index in [4.69, 9.17) is 4.52 Å². The second kappa shape index (κ2) is 5.03. The van der Waals surface area contributed by atoms with Crippen LogP contribution in [0.15, 0.2) is 10.7 Å². The molecule has 12 heteroatoms. The summed E-state index contributed by atoms with van der Waals surface area (Å²) < 4.78 is 70.1. The van der Waals surface area contributed by atoms with E-state index in [0.717, 1.165) is 15.2 Å². The molecule has 3 rings (SSSR count). The van der Waals surface area contributed by atoms with Gasteiger partial charge in [-0.2, -0.15) is 23.3 Å². The maximum absolute atomic E-state index is 13.0. The number of hydrogen-bond acceptors (Lipinski definition) is 6. The van der Waals surface area contributed by atoms with Crippen molar-refractivity contribution in [3.05, 3.63) is 17.8 Å². The van der Waals surface area contributed by atoms with E-state index in [-0.39, 0.29) is 30.2 Å². The van der Waals surface area contributed by atoms with Crippen molar-refractivity contribution in [2.75, 3.05) is 13.6 Å². The summed E-state index contributed by atoms with van der Waals surface area (Å²) in [5.41, 5.74) is -1.52. The Labute approximate surface area is 128 Å². The zero-order valence-electron chi connectivity index (χ0n) is 12.1. The third kappa shape index (κ3) is 2.61. The van der Waals surface area contributed by atoms with Crippen LogP contribution in [0.25, 0.3) is 11.4 Å². The first-order valence-electron chi connectivity index (χ1n) is 6.50. The molecule has 1 atom stereocenters.